The molecule has 3 N–H and O–H groups in total. The minimum absolute atomic E-state index is 0.350. The lowest BCUT2D eigenvalue weighted by Gasteiger charge is -2.16. The molecule has 0 radical (unpaired) electrons. The molecule has 0 saturated heterocycles. The molecule has 0 spiro atoms. The Kier molecular flexibility index (Phi) is 5.19. The van der Waals surface area contributed by atoms with E-state index in [1.807, 2.05) is 0 Å². The molecule has 0 aromatic rings. The van der Waals surface area contributed by atoms with E-state index < -0.39 is 40.9 Å². The number of nitrogens with zero attached hydrogens (tertiary/aromatic N) is 1. The lowest BCUT2D eigenvalue weighted by Crippen LogP contribution is -2.37. The van der Waals surface area contributed by atoms with Crippen LogP contribution in [0.1, 0.15) is 0 Å². The van der Waals surface area contributed by atoms with Gasteiger partial charge in [-0.15, -0.1) is 0 Å². The molecule has 15 heavy (non-hydrogen) atoms. The molecule has 88 valence electrons. The van der Waals surface area contributed by atoms with Crippen LogP contribution in [0.5, 0.6) is 0 Å². The van der Waals surface area contributed by atoms with Gasteiger partial charge in [0.2, 0.25) is 0 Å². The SMILES string of the molecule is O=C(O)CN(CCS(=O)(=O)O)CC(=O)O. The quantitative estimate of drug-likeness (QED) is 0.451. The number of hydrogen-bond donors (Lipinski definition) is 3. The molecule has 0 saturated carbocycles. The van der Waals surface area contributed by atoms with Gasteiger partial charge in [-0.1, -0.05) is 0 Å². The zero-order valence-corrected chi connectivity index (χ0v) is 8.48. The molecule has 8 nitrogen and oxygen atoms in total. The van der Waals surface area contributed by atoms with E-state index in [0.29, 0.717) is 0 Å². The van der Waals surface area contributed by atoms with Gasteiger partial charge in [0.1, 0.15) is 0 Å². The molecule has 0 rings (SSSR count). The molecule has 0 unspecified atom stereocenters. The summed E-state index contributed by atoms with van der Waals surface area (Å²) in [6.07, 6.45) is 0. The summed E-state index contributed by atoms with van der Waals surface area (Å²) in [6.45, 7) is -1.54. The van der Waals surface area contributed by atoms with Crippen molar-refractivity contribution in [2.24, 2.45) is 0 Å². The molecule has 0 atom stereocenters. The molecule has 0 heterocycles. The maximum atomic E-state index is 10.3. The molecule has 0 aromatic carbocycles. The van der Waals surface area contributed by atoms with Crippen molar-refractivity contribution in [1.82, 2.24) is 4.90 Å². The van der Waals surface area contributed by atoms with Crippen molar-refractivity contribution in [2.75, 3.05) is 25.4 Å². The molecular weight excluding hydrogens is 230 g/mol. The highest BCUT2D eigenvalue weighted by Gasteiger charge is 2.15. The van der Waals surface area contributed by atoms with Crippen molar-refractivity contribution in [3.63, 3.8) is 0 Å². The molecule has 0 amide bonds. The first-order valence-corrected chi connectivity index (χ1v) is 5.42. The Morgan fingerprint density at radius 3 is 1.73 bits per heavy atom. The van der Waals surface area contributed by atoms with Crippen molar-refractivity contribution >= 4 is 22.1 Å². The number of carboxylic acids is 2. The minimum Gasteiger partial charge on any atom is -0.480 e. The molecule has 0 bridgehead atoms. The average Bonchev–Trinajstić information content (AvgIpc) is 1.96. The van der Waals surface area contributed by atoms with Crippen LogP contribution in [0.25, 0.3) is 0 Å². The van der Waals surface area contributed by atoms with E-state index in [4.69, 9.17) is 14.8 Å². The maximum absolute atomic E-state index is 10.3. The van der Waals surface area contributed by atoms with Gasteiger partial charge in [-0.3, -0.25) is 19.0 Å². The van der Waals surface area contributed by atoms with Gasteiger partial charge in [-0.2, -0.15) is 8.42 Å². The fourth-order valence-electron chi connectivity index (χ4n) is 0.841. The van der Waals surface area contributed by atoms with Crippen LogP contribution in [0.4, 0.5) is 0 Å². The summed E-state index contributed by atoms with van der Waals surface area (Å²) in [5.74, 6) is -3.24. The van der Waals surface area contributed by atoms with Crippen molar-refractivity contribution < 1.29 is 32.8 Å². The smallest absolute Gasteiger partial charge is 0.317 e. The van der Waals surface area contributed by atoms with Gasteiger partial charge >= 0.3 is 11.9 Å². The largest absolute Gasteiger partial charge is 0.480 e. The van der Waals surface area contributed by atoms with Crippen LogP contribution < -0.4 is 0 Å². The number of hydrogen-bond acceptors (Lipinski definition) is 5. The molecule has 0 aromatic heterocycles. The van der Waals surface area contributed by atoms with Crippen molar-refractivity contribution in [2.45, 2.75) is 0 Å². The predicted octanol–water partition coefficient (Wildman–Crippen LogP) is -1.65. The second-order valence-corrected chi connectivity index (χ2v) is 4.36. The summed E-state index contributed by atoms with van der Waals surface area (Å²) in [4.78, 5) is 21.4. The third kappa shape index (κ3) is 9.12. The molecule has 0 aliphatic heterocycles. The lowest BCUT2D eigenvalue weighted by molar-refractivity contribution is -0.141. The van der Waals surface area contributed by atoms with Crippen molar-refractivity contribution in [3.8, 4) is 0 Å². The van der Waals surface area contributed by atoms with Crippen LogP contribution in [0, 0.1) is 0 Å². The normalized spacial score (nSPS) is 11.6. The maximum Gasteiger partial charge on any atom is 0.317 e. The topological polar surface area (TPSA) is 132 Å². The first kappa shape index (κ1) is 13.8. The predicted molar refractivity (Wildman–Crippen MR) is 48.1 cm³/mol. The molecule has 0 aliphatic carbocycles. The van der Waals surface area contributed by atoms with E-state index >= 15 is 0 Å². The molecular formula is C6H11NO7S. The highest BCUT2D eigenvalue weighted by atomic mass is 32.2. The van der Waals surface area contributed by atoms with Gasteiger partial charge in [0, 0.05) is 6.54 Å². The van der Waals surface area contributed by atoms with Gasteiger partial charge in [0.25, 0.3) is 10.1 Å². The Bertz CT molecular complexity index is 319. The van der Waals surface area contributed by atoms with E-state index in [9.17, 15) is 18.0 Å². The van der Waals surface area contributed by atoms with Crippen LogP contribution in [0.2, 0.25) is 0 Å². The fraction of sp³-hybridized carbons (Fsp3) is 0.667. The Labute approximate surface area is 85.9 Å². The highest BCUT2D eigenvalue weighted by molar-refractivity contribution is 7.85. The second-order valence-electron chi connectivity index (χ2n) is 2.78. The number of carbonyl (C=O) groups is 2. The minimum atomic E-state index is -4.22. The van der Waals surface area contributed by atoms with Crippen LogP contribution in [-0.2, 0) is 19.7 Å². The van der Waals surface area contributed by atoms with Crippen molar-refractivity contribution in [3.05, 3.63) is 0 Å². The Morgan fingerprint density at radius 2 is 1.47 bits per heavy atom. The highest BCUT2D eigenvalue weighted by Crippen LogP contribution is 1.91. The van der Waals surface area contributed by atoms with Gasteiger partial charge in [0.05, 0.1) is 18.8 Å². The van der Waals surface area contributed by atoms with Gasteiger partial charge in [-0.25, -0.2) is 0 Å². The second kappa shape index (κ2) is 5.63. The van der Waals surface area contributed by atoms with Gasteiger partial charge in [-0.05, 0) is 0 Å². The summed E-state index contributed by atoms with van der Waals surface area (Å²) >= 11 is 0. The summed E-state index contributed by atoms with van der Waals surface area (Å²) in [5.41, 5.74) is 0. The summed E-state index contributed by atoms with van der Waals surface area (Å²) in [5, 5.41) is 16.8. The summed E-state index contributed by atoms with van der Waals surface area (Å²) in [7, 11) is -4.22. The first-order valence-electron chi connectivity index (χ1n) is 3.82. The van der Waals surface area contributed by atoms with E-state index in [-0.39, 0.29) is 6.54 Å². The summed E-state index contributed by atoms with van der Waals surface area (Å²) in [6, 6.07) is 0. The monoisotopic (exact) mass is 241 g/mol. The van der Waals surface area contributed by atoms with E-state index in [1.165, 1.54) is 0 Å². The Balaban J connectivity index is 4.24. The van der Waals surface area contributed by atoms with Crippen LogP contribution in [-0.4, -0.2) is 65.4 Å². The van der Waals surface area contributed by atoms with E-state index in [0.717, 1.165) is 4.90 Å². The van der Waals surface area contributed by atoms with Gasteiger partial charge in [0.15, 0.2) is 0 Å². The van der Waals surface area contributed by atoms with Gasteiger partial charge < -0.3 is 10.2 Å². The number of aliphatic carboxylic acids is 2. The van der Waals surface area contributed by atoms with E-state index in [2.05, 4.69) is 0 Å². The molecule has 0 aliphatic rings. The van der Waals surface area contributed by atoms with Crippen LogP contribution in [0.15, 0.2) is 0 Å². The average molecular weight is 241 g/mol. The third-order valence-electron chi connectivity index (χ3n) is 1.38. The third-order valence-corrected chi connectivity index (χ3v) is 2.08. The van der Waals surface area contributed by atoms with Crippen LogP contribution in [0.3, 0.4) is 0 Å². The fourth-order valence-corrected chi connectivity index (χ4v) is 1.33. The lowest BCUT2D eigenvalue weighted by atomic mass is 10.4. The zero-order chi connectivity index (χ0) is 12.1. The number of carboxylic acid groups (broad SMARTS) is 2. The van der Waals surface area contributed by atoms with Crippen LogP contribution >= 0.6 is 0 Å². The Morgan fingerprint density at radius 1 is 1.07 bits per heavy atom. The summed E-state index contributed by atoms with van der Waals surface area (Å²) < 4.78 is 29.1. The van der Waals surface area contributed by atoms with Crippen molar-refractivity contribution in [1.29, 1.82) is 0 Å². The standard InChI is InChI=1S/C6H11NO7S/c8-5(9)3-7(4-6(10)11)1-2-15(12,13)14/h1-4H2,(H,8,9)(H,10,11)(H,12,13,14). The zero-order valence-electron chi connectivity index (χ0n) is 7.66. The molecule has 0 fully saturated rings. The Hall–Kier alpha value is -1.19. The first-order chi connectivity index (χ1) is 6.70. The number of rotatable bonds is 7. The van der Waals surface area contributed by atoms with E-state index in [1.54, 1.807) is 0 Å². The molecule has 9 heteroatoms.